The fourth-order valence-electron chi connectivity index (χ4n) is 3.84. The molecule has 0 radical (unpaired) electrons. The minimum absolute atomic E-state index is 0.220. The summed E-state index contributed by atoms with van der Waals surface area (Å²) >= 11 is 2.02. The Bertz CT molecular complexity index is 440. The summed E-state index contributed by atoms with van der Waals surface area (Å²) in [5.41, 5.74) is 4.00. The molecule has 0 amide bonds. The Kier molecular flexibility index (Phi) is 3.46. The molecule has 1 aromatic rings. The first kappa shape index (κ1) is 12.6. The summed E-state index contributed by atoms with van der Waals surface area (Å²) in [7, 11) is 0. The molecule has 3 rings (SSSR count). The summed E-state index contributed by atoms with van der Waals surface area (Å²) in [4.78, 5) is 0. The Balaban J connectivity index is 2.01. The van der Waals surface area contributed by atoms with Crippen LogP contribution in [0.5, 0.6) is 0 Å². The van der Waals surface area contributed by atoms with Crippen LogP contribution in [0.1, 0.15) is 61.2 Å². The lowest BCUT2D eigenvalue weighted by atomic mass is 9.95. The molecule has 1 heterocycles. The summed E-state index contributed by atoms with van der Waals surface area (Å²) in [6, 6.07) is 2.89. The zero-order valence-corrected chi connectivity index (χ0v) is 12.2. The van der Waals surface area contributed by atoms with E-state index < -0.39 is 0 Å². The molecule has 0 bridgehead atoms. The molecule has 0 saturated heterocycles. The van der Waals surface area contributed by atoms with Gasteiger partial charge in [0.05, 0.1) is 6.10 Å². The molecule has 0 aromatic carbocycles. The van der Waals surface area contributed by atoms with E-state index in [4.69, 9.17) is 0 Å². The Labute approximate surface area is 114 Å². The molecular weight excluding hydrogens is 242 g/mol. The van der Waals surface area contributed by atoms with E-state index in [9.17, 15) is 5.11 Å². The average molecular weight is 265 g/mol. The highest BCUT2D eigenvalue weighted by Crippen LogP contribution is 2.42. The van der Waals surface area contributed by atoms with E-state index in [1.54, 1.807) is 0 Å². The van der Waals surface area contributed by atoms with Gasteiger partial charge in [0.2, 0.25) is 0 Å². The minimum Gasteiger partial charge on any atom is -0.388 e. The van der Waals surface area contributed by atoms with E-state index >= 15 is 0 Å². The average Bonchev–Trinajstić information content (AvgIpc) is 2.93. The van der Waals surface area contributed by atoms with E-state index in [-0.39, 0.29) is 6.10 Å². The van der Waals surface area contributed by atoms with Gasteiger partial charge in [0.1, 0.15) is 0 Å². The Morgan fingerprint density at radius 3 is 2.89 bits per heavy atom. The van der Waals surface area contributed by atoms with Crippen LogP contribution in [0, 0.1) is 6.92 Å². The quantitative estimate of drug-likeness (QED) is 0.883. The molecule has 0 aliphatic heterocycles. The molecule has 2 aliphatic carbocycles. The second kappa shape index (κ2) is 4.93. The summed E-state index contributed by atoms with van der Waals surface area (Å²) in [5, 5.41) is 10.9. The topological polar surface area (TPSA) is 25.2 Å². The highest BCUT2D eigenvalue weighted by atomic mass is 32.2. The van der Waals surface area contributed by atoms with Crippen molar-refractivity contribution in [2.45, 2.75) is 62.8 Å². The highest BCUT2D eigenvalue weighted by Gasteiger charge is 2.32. The lowest BCUT2D eigenvalue weighted by molar-refractivity contribution is 0.155. The van der Waals surface area contributed by atoms with Gasteiger partial charge in [-0.25, -0.2) is 0 Å². The second-order valence-electron chi connectivity index (χ2n) is 5.74. The predicted molar refractivity (Wildman–Crippen MR) is 77.3 cm³/mol. The monoisotopic (exact) mass is 265 g/mol. The molecule has 1 saturated carbocycles. The van der Waals surface area contributed by atoms with Crippen molar-refractivity contribution in [3.63, 3.8) is 0 Å². The number of aryl methyl sites for hydroxylation is 1. The molecule has 2 aliphatic rings. The van der Waals surface area contributed by atoms with Crippen molar-refractivity contribution in [3.8, 4) is 0 Å². The first-order valence-electron chi connectivity index (χ1n) is 7.14. The van der Waals surface area contributed by atoms with Crippen LogP contribution in [-0.4, -0.2) is 21.2 Å². The normalized spacial score (nSPS) is 31.6. The minimum atomic E-state index is -0.220. The van der Waals surface area contributed by atoms with Gasteiger partial charge in [-0.2, -0.15) is 11.8 Å². The lowest BCUT2D eigenvalue weighted by Crippen LogP contribution is -2.21. The molecule has 1 aromatic heterocycles. The zero-order valence-electron chi connectivity index (χ0n) is 11.4. The molecule has 0 spiro atoms. The predicted octanol–water partition coefficient (Wildman–Crippen LogP) is 3.62. The Hall–Kier alpha value is -0.410. The number of rotatable bonds is 2. The van der Waals surface area contributed by atoms with Crippen LogP contribution in [0.3, 0.4) is 0 Å². The van der Waals surface area contributed by atoms with E-state index in [2.05, 4.69) is 23.8 Å². The van der Waals surface area contributed by atoms with Gasteiger partial charge in [0, 0.05) is 28.2 Å². The maximum atomic E-state index is 10.1. The summed E-state index contributed by atoms with van der Waals surface area (Å²) < 4.78 is 2.56. The molecule has 3 unspecified atom stereocenters. The van der Waals surface area contributed by atoms with Gasteiger partial charge in [0.25, 0.3) is 0 Å². The zero-order chi connectivity index (χ0) is 12.7. The van der Waals surface area contributed by atoms with Crippen molar-refractivity contribution in [1.29, 1.82) is 0 Å². The second-order valence-corrected chi connectivity index (χ2v) is 6.82. The smallest absolute Gasteiger partial charge is 0.0807 e. The first-order valence-corrected chi connectivity index (χ1v) is 8.42. The van der Waals surface area contributed by atoms with E-state index in [0.29, 0.717) is 6.04 Å². The standard InChI is InChI=1S/C15H23NOS/c1-10-9-11-12(5-3-7-14(11)17)16(10)13-6-4-8-15(13)18-2/h9,13-15,17H,3-8H2,1-2H3. The number of hydrogen-bond donors (Lipinski definition) is 1. The van der Waals surface area contributed by atoms with Crippen molar-refractivity contribution in [1.82, 2.24) is 4.57 Å². The fraction of sp³-hybridized carbons (Fsp3) is 0.733. The van der Waals surface area contributed by atoms with Gasteiger partial charge < -0.3 is 9.67 Å². The molecule has 3 heteroatoms. The van der Waals surface area contributed by atoms with Crippen molar-refractivity contribution in [2.75, 3.05) is 6.26 Å². The number of nitrogens with zero attached hydrogens (tertiary/aromatic N) is 1. The molecule has 1 fully saturated rings. The van der Waals surface area contributed by atoms with E-state index in [1.807, 2.05) is 11.8 Å². The molecule has 2 nitrogen and oxygen atoms in total. The van der Waals surface area contributed by atoms with Crippen LogP contribution in [0.2, 0.25) is 0 Å². The van der Waals surface area contributed by atoms with E-state index in [0.717, 1.165) is 24.5 Å². The van der Waals surface area contributed by atoms with Gasteiger partial charge in [-0.3, -0.25) is 0 Å². The summed E-state index contributed by atoms with van der Waals surface area (Å²) in [6.45, 7) is 2.21. The van der Waals surface area contributed by atoms with Crippen LogP contribution < -0.4 is 0 Å². The molecule has 3 atom stereocenters. The summed E-state index contributed by atoms with van der Waals surface area (Å²) in [5.74, 6) is 0. The van der Waals surface area contributed by atoms with Crippen molar-refractivity contribution >= 4 is 11.8 Å². The third-order valence-electron chi connectivity index (χ3n) is 4.67. The number of hydrogen-bond acceptors (Lipinski definition) is 2. The SMILES string of the molecule is CSC1CCCC1n1c(C)cc2c1CCCC2O. The lowest BCUT2D eigenvalue weighted by Gasteiger charge is -2.27. The van der Waals surface area contributed by atoms with Gasteiger partial charge >= 0.3 is 0 Å². The van der Waals surface area contributed by atoms with Gasteiger partial charge in [-0.1, -0.05) is 6.42 Å². The van der Waals surface area contributed by atoms with Crippen LogP contribution in [-0.2, 0) is 6.42 Å². The molecule has 1 N–H and O–H groups in total. The van der Waals surface area contributed by atoms with Gasteiger partial charge in [-0.15, -0.1) is 0 Å². The Morgan fingerprint density at radius 2 is 2.11 bits per heavy atom. The maximum absolute atomic E-state index is 10.1. The van der Waals surface area contributed by atoms with Gasteiger partial charge in [-0.05, 0) is 51.3 Å². The molecule has 100 valence electrons. The summed E-state index contributed by atoms with van der Waals surface area (Å²) in [6.07, 6.45) is 9.25. The largest absolute Gasteiger partial charge is 0.388 e. The number of fused-ring (bicyclic) bond motifs is 1. The maximum Gasteiger partial charge on any atom is 0.0807 e. The number of thioether (sulfide) groups is 1. The van der Waals surface area contributed by atoms with Crippen LogP contribution in [0.25, 0.3) is 0 Å². The van der Waals surface area contributed by atoms with Gasteiger partial charge in [0.15, 0.2) is 0 Å². The van der Waals surface area contributed by atoms with Crippen LogP contribution >= 0.6 is 11.8 Å². The Morgan fingerprint density at radius 1 is 1.28 bits per heavy atom. The van der Waals surface area contributed by atoms with E-state index in [1.165, 1.54) is 36.2 Å². The van der Waals surface area contributed by atoms with Crippen molar-refractivity contribution in [3.05, 3.63) is 23.0 Å². The van der Waals surface area contributed by atoms with Crippen LogP contribution in [0.4, 0.5) is 0 Å². The number of aromatic nitrogens is 1. The fourth-order valence-corrected chi connectivity index (χ4v) is 4.81. The highest BCUT2D eigenvalue weighted by molar-refractivity contribution is 7.99. The third kappa shape index (κ3) is 1.92. The van der Waals surface area contributed by atoms with Crippen molar-refractivity contribution < 1.29 is 5.11 Å². The van der Waals surface area contributed by atoms with Crippen molar-refractivity contribution in [2.24, 2.45) is 0 Å². The number of aliphatic hydroxyl groups excluding tert-OH is 1. The molecular formula is C15H23NOS. The number of aliphatic hydroxyl groups is 1. The van der Waals surface area contributed by atoms with Crippen LogP contribution in [0.15, 0.2) is 6.07 Å². The molecule has 18 heavy (non-hydrogen) atoms. The first-order chi connectivity index (χ1) is 8.72. The third-order valence-corrected chi connectivity index (χ3v) is 5.83.